The molecule has 4 rings (SSSR count). The van der Waals surface area contributed by atoms with Crippen molar-refractivity contribution in [2.24, 2.45) is 0 Å². The number of piperazine rings is 1. The topological polar surface area (TPSA) is 69.7 Å². The van der Waals surface area contributed by atoms with Gasteiger partial charge in [0, 0.05) is 23.7 Å². The van der Waals surface area contributed by atoms with Crippen molar-refractivity contribution in [2.75, 3.05) is 25.0 Å². The Morgan fingerprint density at radius 2 is 1.77 bits per heavy atom. The number of nitrogens with zero attached hydrogens (tertiary/aromatic N) is 2. The van der Waals surface area contributed by atoms with Gasteiger partial charge in [0.1, 0.15) is 6.04 Å². The molecule has 0 bridgehead atoms. The summed E-state index contributed by atoms with van der Waals surface area (Å²) in [5.41, 5.74) is 1.49. The number of para-hydroxylation sites is 1. The van der Waals surface area contributed by atoms with E-state index in [1.807, 2.05) is 0 Å². The Hall–Kier alpha value is -2.86. The molecule has 2 aliphatic rings. The molecule has 2 aromatic rings. The van der Waals surface area contributed by atoms with E-state index < -0.39 is 6.04 Å². The van der Waals surface area contributed by atoms with E-state index >= 15 is 0 Å². The third-order valence-electron chi connectivity index (χ3n) is 4.74. The Bertz CT molecular complexity index is 897. The maximum Gasteiger partial charge on any atom is 0.256 e. The second-order valence-corrected chi connectivity index (χ2v) is 6.74. The molecule has 7 heteroatoms. The first-order valence-electron chi connectivity index (χ1n) is 8.30. The number of carbonyl (C=O) groups excluding carboxylic acids is 3. The van der Waals surface area contributed by atoms with Gasteiger partial charge < -0.3 is 15.1 Å². The lowest BCUT2D eigenvalue weighted by Crippen LogP contribution is -2.59. The van der Waals surface area contributed by atoms with E-state index in [1.54, 1.807) is 58.3 Å². The van der Waals surface area contributed by atoms with E-state index in [4.69, 9.17) is 11.6 Å². The first-order chi connectivity index (χ1) is 12.5. The van der Waals surface area contributed by atoms with Crippen LogP contribution in [0.15, 0.2) is 48.5 Å². The number of amides is 3. The predicted octanol–water partition coefficient (Wildman–Crippen LogP) is 2.26. The number of fused-ring (bicyclic) bond motifs is 2. The van der Waals surface area contributed by atoms with Crippen LogP contribution in [-0.2, 0) is 4.79 Å². The Balaban J connectivity index is 1.59. The fourth-order valence-corrected chi connectivity index (χ4v) is 3.49. The van der Waals surface area contributed by atoms with E-state index in [9.17, 15) is 14.4 Å². The molecule has 1 N–H and O–H groups in total. The monoisotopic (exact) mass is 369 g/mol. The molecule has 0 unspecified atom stereocenters. The van der Waals surface area contributed by atoms with Crippen LogP contribution < -0.4 is 5.32 Å². The standard InChI is InChI=1S/C19H16ClN3O3/c20-13-7-5-12(6-8-13)18(25)22-9-10-23-16(11-22)17(24)21-15-4-2-1-3-14(15)19(23)26/h1-8,16H,9-11H2,(H,21,24)/t16-/m0/s1. The van der Waals surface area contributed by atoms with Crippen LogP contribution >= 0.6 is 11.6 Å². The van der Waals surface area contributed by atoms with Crippen LogP contribution in [-0.4, -0.2) is 53.2 Å². The second-order valence-electron chi connectivity index (χ2n) is 6.31. The second kappa shape index (κ2) is 6.46. The molecular formula is C19H16ClN3O3. The molecule has 0 aromatic heterocycles. The smallest absolute Gasteiger partial charge is 0.256 e. The lowest BCUT2D eigenvalue weighted by atomic mass is 10.1. The lowest BCUT2D eigenvalue weighted by molar-refractivity contribution is -0.121. The maximum atomic E-state index is 12.8. The highest BCUT2D eigenvalue weighted by Gasteiger charge is 2.40. The summed E-state index contributed by atoms with van der Waals surface area (Å²) in [6.07, 6.45) is 0. The molecule has 1 saturated heterocycles. The average Bonchev–Trinajstić information content (AvgIpc) is 2.77. The molecule has 0 aliphatic carbocycles. The summed E-state index contributed by atoms with van der Waals surface area (Å²) in [5.74, 6) is -0.650. The number of benzene rings is 2. The van der Waals surface area contributed by atoms with Gasteiger partial charge in [-0.1, -0.05) is 23.7 Å². The largest absolute Gasteiger partial charge is 0.334 e. The minimum absolute atomic E-state index is 0.160. The first kappa shape index (κ1) is 16.6. The summed E-state index contributed by atoms with van der Waals surface area (Å²) in [6, 6.07) is 12.9. The molecule has 6 nitrogen and oxygen atoms in total. The molecule has 2 aromatic carbocycles. The van der Waals surface area contributed by atoms with Crippen LogP contribution in [0.2, 0.25) is 5.02 Å². The zero-order chi connectivity index (χ0) is 18.3. The highest BCUT2D eigenvalue weighted by Crippen LogP contribution is 2.25. The summed E-state index contributed by atoms with van der Waals surface area (Å²) in [6.45, 7) is 0.844. The van der Waals surface area contributed by atoms with Crippen molar-refractivity contribution < 1.29 is 14.4 Å². The Morgan fingerprint density at radius 1 is 1.04 bits per heavy atom. The van der Waals surface area contributed by atoms with E-state index in [-0.39, 0.29) is 24.3 Å². The van der Waals surface area contributed by atoms with E-state index in [2.05, 4.69) is 5.32 Å². The molecule has 0 spiro atoms. The zero-order valence-electron chi connectivity index (χ0n) is 13.8. The molecular weight excluding hydrogens is 354 g/mol. The number of rotatable bonds is 1. The Kier molecular flexibility index (Phi) is 4.12. The van der Waals surface area contributed by atoms with Crippen LogP contribution in [0, 0.1) is 0 Å². The highest BCUT2D eigenvalue weighted by molar-refractivity contribution is 6.30. The molecule has 2 aliphatic heterocycles. The summed E-state index contributed by atoms with van der Waals surface area (Å²) in [5, 5.41) is 3.36. The Morgan fingerprint density at radius 3 is 2.54 bits per heavy atom. The van der Waals surface area contributed by atoms with E-state index in [1.165, 1.54) is 0 Å². The van der Waals surface area contributed by atoms with Crippen LogP contribution in [0.25, 0.3) is 0 Å². The minimum atomic E-state index is -0.708. The summed E-state index contributed by atoms with van der Waals surface area (Å²) >= 11 is 5.87. The molecule has 0 saturated carbocycles. The fourth-order valence-electron chi connectivity index (χ4n) is 3.36. The maximum absolute atomic E-state index is 12.8. The van der Waals surface area contributed by atoms with Crippen molar-refractivity contribution in [3.05, 3.63) is 64.7 Å². The van der Waals surface area contributed by atoms with Crippen molar-refractivity contribution in [3.8, 4) is 0 Å². The Labute approximate surface area is 155 Å². The lowest BCUT2D eigenvalue weighted by Gasteiger charge is -2.39. The number of anilines is 1. The highest BCUT2D eigenvalue weighted by atomic mass is 35.5. The molecule has 0 radical (unpaired) electrons. The first-order valence-corrected chi connectivity index (χ1v) is 8.68. The van der Waals surface area contributed by atoms with Crippen LogP contribution in [0.1, 0.15) is 20.7 Å². The van der Waals surface area contributed by atoms with Crippen molar-refractivity contribution >= 4 is 35.0 Å². The molecule has 1 atom stereocenters. The van der Waals surface area contributed by atoms with E-state index in [0.717, 1.165) is 0 Å². The van der Waals surface area contributed by atoms with Crippen molar-refractivity contribution in [3.63, 3.8) is 0 Å². The van der Waals surface area contributed by atoms with Gasteiger partial charge in [0.25, 0.3) is 11.8 Å². The number of halogens is 1. The van der Waals surface area contributed by atoms with Gasteiger partial charge >= 0.3 is 0 Å². The number of hydrogen-bond acceptors (Lipinski definition) is 3. The molecule has 3 amide bonds. The van der Waals surface area contributed by atoms with Crippen molar-refractivity contribution in [2.45, 2.75) is 6.04 Å². The summed E-state index contributed by atoms with van der Waals surface area (Å²) in [7, 11) is 0. The van der Waals surface area contributed by atoms with Crippen LogP contribution in [0.4, 0.5) is 5.69 Å². The van der Waals surface area contributed by atoms with Gasteiger partial charge in [-0.25, -0.2) is 0 Å². The van der Waals surface area contributed by atoms with Gasteiger partial charge in [0.15, 0.2) is 0 Å². The predicted molar refractivity (Wildman–Crippen MR) is 97.3 cm³/mol. The van der Waals surface area contributed by atoms with Crippen LogP contribution in [0.5, 0.6) is 0 Å². The third-order valence-corrected chi connectivity index (χ3v) is 4.99. The van der Waals surface area contributed by atoms with Gasteiger partial charge in [-0.05, 0) is 36.4 Å². The number of hydrogen-bond donors (Lipinski definition) is 1. The van der Waals surface area contributed by atoms with Gasteiger partial charge in [-0.15, -0.1) is 0 Å². The van der Waals surface area contributed by atoms with Gasteiger partial charge in [0.2, 0.25) is 5.91 Å². The summed E-state index contributed by atoms with van der Waals surface area (Å²) in [4.78, 5) is 41.3. The SMILES string of the molecule is O=C1Nc2ccccc2C(=O)N2CCN(C(=O)c3ccc(Cl)cc3)C[C@@H]12. The number of nitrogens with one attached hydrogen (secondary N) is 1. The molecule has 26 heavy (non-hydrogen) atoms. The summed E-state index contributed by atoms with van der Waals surface area (Å²) < 4.78 is 0. The number of carbonyl (C=O) groups is 3. The fraction of sp³-hybridized carbons (Fsp3) is 0.211. The normalized spacial score (nSPS) is 19.3. The van der Waals surface area contributed by atoms with Gasteiger partial charge in [0.05, 0.1) is 17.8 Å². The molecule has 2 heterocycles. The van der Waals surface area contributed by atoms with Crippen molar-refractivity contribution in [1.82, 2.24) is 9.80 Å². The molecule has 1 fully saturated rings. The third kappa shape index (κ3) is 2.82. The van der Waals surface area contributed by atoms with Gasteiger partial charge in [-0.3, -0.25) is 14.4 Å². The van der Waals surface area contributed by atoms with Crippen molar-refractivity contribution in [1.29, 1.82) is 0 Å². The molecule has 132 valence electrons. The van der Waals surface area contributed by atoms with Crippen LogP contribution in [0.3, 0.4) is 0 Å². The van der Waals surface area contributed by atoms with Gasteiger partial charge in [-0.2, -0.15) is 0 Å². The zero-order valence-corrected chi connectivity index (χ0v) is 14.6. The minimum Gasteiger partial charge on any atom is -0.334 e. The quantitative estimate of drug-likeness (QED) is 0.838. The average molecular weight is 370 g/mol. The van der Waals surface area contributed by atoms with E-state index in [0.29, 0.717) is 34.9 Å².